The van der Waals surface area contributed by atoms with Crippen molar-refractivity contribution in [2.24, 2.45) is 0 Å². The van der Waals surface area contributed by atoms with Crippen LogP contribution >= 0.6 is 63.7 Å². The van der Waals surface area contributed by atoms with Crippen molar-refractivity contribution >= 4 is 69.5 Å². The third-order valence-electron chi connectivity index (χ3n) is 1.59. The molecule has 2 aromatic rings. The topological polar surface area (TPSA) is 97.8 Å². The van der Waals surface area contributed by atoms with E-state index >= 15 is 0 Å². The number of hydrogen-bond donors (Lipinski definition) is 2. The molecule has 0 bridgehead atoms. The normalized spacial score (nSPS) is 7.78. The summed E-state index contributed by atoms with van der Waals surface area (Å²) < 4.78 is 2.78. The molecule has 2 aromatic heterocycles. The van der Waals surface area contributed by atoms with Crippen LogP contribution in [0.2, 0.25) is 0 Å². The first-order valence-electron chi connectivity index (χ1n) is 4.93. The van der Waals surface area contributed by atoms with Crippen LogP contribution in [-0.4, -0.2) is 32.2 Å². The van der Waals surface area contributed by atoms with E-state index in [-0.39, 0.29) is 22.3 Å². The van der Waals surface area contributed by atoms with Crippen LogP contribution in [0.5, 0.6) is 0 Å². The highest BCUT2D eigenvalue weighted by atomic mass is 79.9. The van der Waals surface area contributed by atoms with Gasteiger partial charge in [0.05, 0.1) is 18.1 Å². The van der Waals surface area contributed by atoms with Crippen LogP contribution in [0.15, 0.2) is 30.8 Å². The van der Waals surface area contributed by atoms with Gasteiger partial charge in [-0.2, -0.15) is 0 Å². The monoisotopic (exact) mass is 581 g/mol. The number of rotatable bonds is 0. The molecule has 0 radical (unpaired) electrons. The maximum absolute atomic E-state index is 7.00. The molecule has 6 nitrogen and oxygen atoms in total. The first kappa shape index (κ1) is 30.7. The fourth-order valence-electron chi connectivity index (χ4n) is 0.763. The predicted molar refractivity (Wildman–Crippen MR) is 112 cm³/mol. The lowest BCUT2D eigenvalue weighted by Crippen LogP contribution is -1.92. The van der Waals surface area contributed by atoms with Crippen molar-refractivity contribution in [3.05, 3.63) is 36.5 Å². The molecule has 0 atom stereocenters. The number of hydrogen-bond acceptors (Lipinski definition) is 6. The van der Waals surface area contributed by atoms with Crippen LogP contribution in [0.4, 0.5) is 5.82 Å². The minimum atomic E-state index is 0. The van der Waals surface area contributed by atoms with E-state index in [9.17, 15) is 0 Å². The van der Waals surface area contributed by atoms with Gasteiger partial charge in [0.15, 0.2) is 5.82 Å². The molecule has 0 saturated carbocycles. The Bertz CT molecular complexity index is 508. The Hall–Kier alpha value is -0.160. The Morgan fingerprint density at radius 2 is 1.22 bits per heavy atom. The summed E-state index contributed by atoms with van der Waals surface area (Å²) in [6.07, 6.45) is 3.21. The lowest BCUT2D eigenvalue weighted by molar-refractivity contribution is 0.399. The number of halogens is 4. The summed E-state index contributed by atoms with van der Waals surface area (Å²) in [7, 11) is 1.00. The molecular weight excluding hydrogens is 562 g/mol. The molecular formula is C13H23Br4N5O. The molecule has 0 aliphatic heterocycles. The van der Waals surface area contributed by atoms with Gasteiger partial charge in [0, 0.05) is 7.11 Å². The third kappa shape index (κ3) is 12.9. The second-order valence-electron chi connectivity index (χ2n) is 2.94. The molecule has 0 aliphatic carbocycles. The van der Waals surface area contributed by atoms with Crippen LogP contribution < -0.4 is 5.73 Å². The molecule has 0 unspecified atom stereocenters. The van der Waals surface area contributed by atoms with Gasteiger partial charge in [0.1, 0.15) is 18.4 Å². The number of nitrogens with zero attached hydrogens (tertiary/aromatic N) is 4. The van der Waals surface area contributed by atoms with Gasteiger partial charge in [-0.15, -0.1) is 0 Å². The van der Waals surface area contributed by atoms with E-state index < -0.39 is 0 Å². The summed E-state index contributed by atoms with van der Waals surface area (Å²) in [6.45, 7) is 1.89. The number of aliphatic hydroxyl groups is 1. The summed E-state index contributed by atoms with van der Waals surface area (Å²) >= 11 is 12.7. The van der Waals surface area contributed by atoms with Gasteiger partial charge < -0.3 is 10.8 Å². The Morgan fingerprint density at radius 3 is 1.52 bits per heavy atom. The minimum absolute atomic E-state index is 0. The van der Waals surface area contributed by atoms with Gasteiger partial charge in [-0.3, -0.25) is 4.98 Å². The number of aliphatic hydroxyl groups excluding tert-OH is 1. The standard InChI is InChI=1S/C5H4Br2N2.C4H3Br2N3.CH4O.3CH4/c1-3-5(7)9-4(6)2-8-3;5-2-1-8-4(7)3(6)9-2;1-2;;;/h2H,1H3;1H,(H2,7,8);2H,1H3;3*1H4. The zero-order valence-corrected chi connectivity index (χ0v) is 16.8. The fourth-order valence-corrected chi connectivity index (χ4v) is 2.38. The summed E-state index contributed by atoms with van der Waals surface area (Å²) in [5.41, 5.74) is 6.25. The zero-order valence-electron chi connectivity index (χ0n) is 10.5. The second-order valence-corrected chi connectivity index (χ2v) is 6.06. The van der Waals surface area contributed by atoms with Gasteiger partial charge in [0.25, 0.3) is 0 Å². The second kappa shape index (κ2) is 16.7. The van der Waals surface area contributed by atoms with Crippen molar-refractivity contribution in [3.8, 4) is 0 Å². The lowest BCUT2D eigenvalue weighted by atomic mass is 10.5. The highest BCUT2D eigenvalue weighted by Crippen LogP contribution is 2.15. The molecule has 0 spiro atoms. The highest BCUT2D eigenvalue weighted by Gasteiger charge is 1.96. The molecule has 2 rings (SSSR count). The number of aryl methyl sites for hydroxylation is 1. The first-order valence-corrected chi connectivity index (χ1v) is 8.10. The van der Waals surface area contributed by atoms with E-state index in [0.29, 0.717) is 15.0 Å². The average molecular weight is 585 g/mol. The zero-order chi connectivity index (χ0) is 15.7. The van der Waals surface area contributed by atoms with Crippen LogP contribution in [-0.2, 0) is 0 Å². The summed E-state index contributed by atoms with van der Waals surface area (Å²) in [4.78, 5) is 15.8. The molecule has 0 saturated heterocycles. The molecule has 0 aliphatic rings. The number of nitrogens with two attached hydrogens (primary N) is 1. The van der Waals surface area contributed by atoms with Crippen molar-refractivity contribution in [1.82, 2.24) is 19.9 Å². The smallest absolute Gasteiger partial charge is 0.156 e. The third-order valence-corrected chi connectivity index (χ3v) is 3.69. The van der Waals surface area contributed by atoms with Crippen molar-refractivity contribution in [3.63, 3.8) is 0 Å². The average Bonchev–Trinajstić information content (AvgIpc) is 2.42. The van der Waals surface area contributed by atoms with Crippen molar-refractivity contribution in [2.75, 3.05) is 12.8 Å². The van der Waals surface area contributed by atoms with Crippen LogP contribution in [0.3, 0.4) is 0 Å². The Balaban J connectivity index is -0.000000127. The molecule has 134 valence electrons. The first-order chi connectivity index (χ1) is 9.40. The van der Waals surface area contributed by atoms with Crippen molar-refractivity contribution < 1.29 is 5.11 Å². The number of anilines is 1. The van der Waals surface area contributed by atoms with E-state index in [4.69, 9.17) is 10.8 Å². The highest BCUT2D eigenvalue weighted by molar-refractivity contribution is 9.11. The largest absolute Gasteiger partial charge is 0.400 e. The lowest BCUT2D eigenvalue weighted by Gasteiger charge is -1.93. The van der Waals surface area contributed by atoms with E-state index in [2.05, 4.69) is 83.7 Å². The van der Waals surface area contributed by atoms with Crippen molar-refractivity contribution in [1.29, 1.82) is 0 Å². The van der Waals surface area contributed by atoms with Crippen LogP contribution in [0.25, 0.3) is 0 Å². The number of nitrogen functional groups attached to an aromatic ring is 1. The summed E-state index contributed by atoms with van der Waals surface area (Å²) in [5.74, 6) is 0.401. The molecule has 23 heavy (non-hydrogen) atoms. The summed E-state index contributed by atoms with van der Waals surface area (Å²) in [6, 6.07) is 0. The fraction of sp³-hybridized carbons (Fsp3) is 0.385. The van der Waals surface area contributed by atoms with Crippen LogP contribution in [0.1, 0.15) is 28.0 Å². The van der Waals surface area contributed by atoms with E-state index in [1.165, 1.54) is 0 Å². The van der Waals surface area contributed by atoms with Gasteiger partial charge >= 0.3 is 0 Å². The van der Waals surface area contributed by atoms with E-state index in [1.807, 2.05) is 6.92 Å². The molecule has 0 amide bonds. The van der Waals surface area contributed by atoms with E-state index in [1.54, 1.807) is 12.4 Å². The molecule has 0 aromatic carbocycles. The van der Waals surface area contributed by atoms with Gasteiger partial charge in [-0.1, -0.05) is 22.3 Å². The Labute approximate surface area is 172 Å². The molecule has 2 heterocycles. The quantitative estimate of drug-likeness (QED) is 0.430. The van der Waals surface area contributed by atoms with Crippen molar-refractivity contribution in [2.45, 2.75) is 29.2 Å². The Kier molecular flexibility index (Phi) is 22.3. The maximum Gasteiger partial charge on any atom is 0.156 e. The predicted octanol–water partition coefficient (Wildman–Crippen LogP) is 5.41. The molecule has 3 N–H and O–H groups in total. The molecule has 10 heteroatoms. The SMILES string of the molecule is C.C.C.CO.Cc1ncc(Br)nc1Br.Nc1ncc(Br)nc1Br. The van der Waals surface area contributed by atoms with Crippen LogP contribution in [0, 0.1) is 6.92 Å². The van der Waals surface area contributed by atoms with E-state index in [0.717, 1.165) is 22.0 Å². The van der Waals surface area contributed by atoms with Gasteiger partial charge in [-0.25, -0.2) is 15.0 Å². The van der Waals surface area contributed by atoms with Gasteiger partial charge in [-0.05, 0) is 70.6 Å². The Morgan fingerprint density at radius 1 is 0.826 bits per heavy atom. The molecule has 0 fully saturated rings. The maximum atomic E-state index is 7.00. The minimum Gasteiger partial charge on any atom is -0.400 e. The number of aromatic nitrogens is 4. The van der Waals surface area contributed by atoms with Gasteiger partial charge in [0.2, 0.25) is 0 Å². The summed E-state index contributed by atoms with van der Waals surface area (Å²) in [5, 5.41) is 7.00.